The second kappa shape index (κ2) is 10.6. The Morgan fingerprint density at radius 2 is 1.42 bits per heavy atom. The average molecular weight is 448 g/mol. The van der Waals surface area contributed by atoms with Gasteiger partial charge < -0.3 is 15.4 Å². The van der Waals surface area contributed by atoms with Crippen molar-refractivity contribution in [3.8, 4) is 0 Å². The van der Waals surface area contributed by atoms with Crippen LogP contribution in [-0.2, 0) is 16.0 Å². The number of benzene rings is 3. The summed E-state index contributed by atoms with van der Waals surface area (Å²) in [5.41, 5.74) is 0.929. The van der Waals surface area contributed by atoms with E-state index in [1.165, 1.54) is 0 Å². The predicted molar refractivity (Wildman–Crippen MR) is 129 cm³/mol. The monoisotopic (exact) mass is 447 g/mol. The molecule has 0 radical (unpaired) electrons. The summed E-state index contributed by atoms with van der Waals surface area (Å²) in [6.07, 6.45) is -0.358. The summed E-state index contributed by atoms with van der Waals surface area (Å²) in [4.78, 5) is 37.3. The lowest BCUT2D eigenvalue weighted by Gasteiger charge is -2.20. The number of carbonyl (C=O) groups is 3. The number of amides is 3. The summed E-state index contributed by atoms with van der Waals surface area (Å²) < 4.78 is 5.33. The lowest BCUT2D eigenvalue weighted by molar-refractivity contribution is -0.120. The highest BCUT2D eigenvalue weighted by molar-refractivity contribution is 6.07. The van der Waals surface area contributed by atoms with E-state index in [2.05, 4.69) is 16.0 Å². The summed E-state index contributed by atoms with van der Waals surface area (Å²) in [6, 6.07) is 20.5. The van der Waals surface area contributed by atoms with Gasteiger partial charge in [-0.2, -0.15) is 0 Å². The number of rotatable bonds is 7. The Morgan fingerprint density at radius 3 is 2.09 bits per heavy atom. The maximum absolute atomic E-state index is 12.9. The van der Waals surface area contributed by atoms with Gasteiger partial charge in [0.05, 0.1) is 17.7 Å². The molecule has 0 saturated heterocycles. The molecule has 7 nitrogen and oxygen atoms in total. The van der Waals surface area contributed by atoms with E-state index in [1.807, 2.05) is 54.6 Å². The van der Waals surface area contributed by atoms with Crippen LogP contribution >= 0.6 is 0 Å². The lowest BCUT2D eigenvalue weighted by Crippen LogP contribution is -2.35. The van der Waals surface area contributed by atoms with Crippen LogP contribution in [0.4, 0.5) is 10.5 Å². The van der Waals surface area contributed by atoms with Gasteiger partial charge in [0.25, 0.3) is 5.91 Å². The second-order valence-corrected chi connectivity index (χ2v) is 8.64. The van der Waals surface area contributed by atoms with Gasteiger partial charge >= 0.3 is 6.09 Å². The third kappa shape index (κ3) is 7.35. The molecule has 0 aliphatic carbocycles. The minimum absolute atomic E-state index is 0.117. The highest BCUT2D eigenvalue weighted by atomic mass is 16.6. The largest absolute Gasteiger partial charge is 0.444 e. The smallest absolute Gasteiger partial charge is 0.412 e. The lowest BCUT2D eigenvalue weighted by atomic mass is 10.0. The first kappa shape index (κ1) is 23.8. The second-order valence-electron chi connectivity index (χ2n) is 8.64. The van der Waals surface area contributed by atoms with Crippen molar-refractivity contribution < 1.29 is 19.1 Å². The number of nitrogens with one attached hydrogen (secondary N) is 3. The molecule has 0 atom stereocenters. The van der Waals surface area contributed by atoms with Crippen LogP contribution < -0.4 is 16.0 Å². The van der Waals surface area contributed by atoms with Crippen molar-refractivity contribution in [2.75, 3.05) is 18.4 Å². The number of carbonyl (C=O) groups excluding carboxylic acids is 3. The van der Waals surface area contributed by atoms with Gasteiger partial charge in [-0.3, -0.25) is 14.9 Å². The van der Waals surface area contributed by atoms with Crippen molar-refractivity contribution >= 4 is 34.4 Å². The quantitative estimate of drug-likeness (QED) is 0.471. The predicted octanol–water partition coefficient (Wildman–Crippen LogP) is 4.28. The van der Waals surface area contributed by atoms with E-state index in [1.54, 1.807) is 32.9 Å². The molecular formula is C26H29N3O4. The molecule has 3 N–H and O–H groups in total. The summed E-state index contributed by atoms with van der Waals surface area (Å²) in [6.45, 7) is 5.85. The fraction of sp³-hybridized carbons (Fsp3) is 0.269. The van der Waals surface area contributed by atoms with Crippen molar-refractivity contribution in [2.24, 2.45) is 0 Å². The minimum atomic E-state index is -0.665. The Balaban J connectivity index is 1.63. The van der Waals surface area contributed by atoms with Gasteiger partial charge in [0.1, 0.15) is 5.60 Å². The number of fused-ring (bicyclic) bond motifs is 1. The first-order chi connectivity index (χ1) is 15.7. The molecule has 0 saturated carbocycles. The molecule has 7 heteroatoms. The van der Waals surface area contributed by atoms with Crippen molar-refractivity contribution in [1.82, 2.24) is 10.6 Å². The zero-order valence-corrected chi connectivity index (χ0v) is 19.1. The third-order valence-corrected chi connectivity index (χ3v) is 4.71. The SMILES string of the molecule is CC(C)(C)OC(=O)Nc1cc2ccccc2cc1C(=O)NCCNC(=O)Cc1ccccc1. The molecule has 3 aromatic rings. The van der Waals surface area contributed by atoms with E-state index < -0.39 is 11.7 Å². The van der Waals surface area contributed by atoms with Crippen molar-refractivity contribution in [3.05, 3.63) is 77.9 Å². The molecule has 0 aliphatic heterocycles. The van der Waals surface area contributed by atoms with E-state index in [0.717, 1.165) is 16.3 Å². The van der Waals surface area contributed by atoms with E-state index in [9.17, 15) is 14.4 Å². The van der Waals surface area contributed by atoms with Crippen LogP contribution in [0.5, 0.6) is 0 Å². The van der Waals surface area contributed by atoms with Gasteiger partial charge in [-0.05, 0) is 49.2 Å². The van der Waals surface area contributed by atoms with E-state index >= 15 is 0 Å². The maximum atomic E-state index is 12.9. The first-order valence-electron chi connectivity index (χ1n) is 10.8. The normalized spacial score (nSPS) is 11.0. The molecule has 0 heterocycles. The van der Waals surface area contributed by atoms with Gasteiger partial charge in [0.2, 0.25) is 5.91 Å². The van der Waals surface area contributed by atoms with Crippen LogP contribution in [0, 0.1) is 0 Å². The Kier molecular flexibility index (Phi) is 7.66. The molecule has 172 valence electrons. The molecule has 3 rings (SSSR count). The molecule has 0 aliphatic rings. The zero-order valence-electron chi connectivity index (χ0n) is 19.1. The molecule has 0 aromatic heterocycles. The van der Waals surface area contributed by atoms with Gasteiger partial charge in [-0.15, -0.1) is 0 Å². The standard InChI is InChI=1S/C26H29N3O4/c1-26(2,3)33-25(32)29-22-17-20-12-8-7-11-19(20)16-21(22)24(31)28-14-13-27-23(30)15-18-9-5-4-6-10-18/h4-12,16-17H,13-15H2,1-3H3,(H,27,30)(H,28,31)(H,29,32). The summed E-state index contributed by atoms with van der Waals surface area (Å²) in [5.74, 6) is -0.474. The van der Waals surface area contributed by atoms with E-state index in [4.69, 9.17) is 4.74 Å². The topological polar surface area (TPSA) is 96.5 Å². The number of anilines is 1. The Morgan fingerprint density at radius 1 is 0.818 bits per heavy atom. The molecule has 3 aromatic carbocycles. The van der Waals surface area contributed by atoms with Crippen LogP contribution in [0.25, 0.3) is 10.8 Å². The van der Waals surface area contributed by atoms with Gasteiger partial charge in [-0.1, -0.05) is 54.6 Å². The van der Waals surface area contributed by atoms with Crippen LogP contribution in [0.3, 0.4) is 0 Å². The Hall–Kier alpha value is -3.87. The van der Waals surface area contributed by atoms with Crippen LogP contribution in [0.15, 0.2) is 66.7 Å². The van der Waals surface area contributed by atoms with Crippen molar-refractivity contribution in [3.63, 3.8) is 0 Å². The van der Waals surface area contributed by atoms with Crippen molar-refractivity contribution in [2.45, 2.75) is 32.8 Å². The Bertz CT molecular complexity index is 1140. The van der Waals surface area contributed by atoms with Crippen LogP contribution in [0.2, 0.25) is 0 Å². The van der Waals surface area contributed by atoms with E-state index in [-0.39, 0.29) is 24.8 Å². The zero-order chi connectivity index (χ0) is 23.8. The molecule has 3 amide bonds. The van der Waals surface area contributed by atoms with Gasteiger partial charge in [-0.25, -0.2) is 4.79 Å². The van der Waals surface area contributed by atoms with Crippen LogP contribution in [0.1, 0.15) is 36.7 Å². The number of ether oxygens (including phenoxy) is 1. The van der Waals surface area contributed by atoms with Gasteiger partial charge in [0, 0.05) is 13.1 Å². The number of hydrogen-bond acceptors (Lipinski definition) is 4. The molecule has 0 unspecified atom stereocenters. The molecule has 0 spiro atoms. The number of hydrogen-bond donors (Lipinski definition) is 3. The summed E-state index contributed by atoms with van der Waals surface area (Å²) >= 11 is 0. The van der Waals surface area contributed by atoms with Crippen LogP contribution in [-0.4, -0.2) is 36.6 Å². The summed E-state index contributed by atoms with van der Waals surface area (Å²) in [5, 5.41) is 10.0. The minimum Gasteiger partial charge on any atom is -0.444 e. The van der Waals surface area contributed by atoms with Gasteiger partial charge in [0.15, 0.2) is 0 Å². The third-order valence-electron chi connectivity index (χ3n) is 4.71. The first-order valence-corrected chi connectivity index (χ1v) is 10.8. The molecular weight excluding hydrogens is 418 g/mol. The summed E-state index contributed by atoms with van der Waals surface area (Å²) in [7, 11) is 0. The highest BCUT2D eigenvalue weighted by Crippen LogP contribution is 2.25. The van der Waals surface area contributed by atoms with E-state index in [0.29, 0.717) is 17.8 Å². The average Bonchev–Trinajstić information content (AvgIpc) is 2.75. The maximum Gasteiger partial charge on any atom is 0.412 e. The fourth-order valence-electron chi connectivity index (χ4n) is 3.26. The Labute approximate surface area is 193 Å². The molecule has 33 heavy (non-hydrogen) atoms. The highest BCUT2D eigenvalue weighted by Gasteiger charge is 2.19. The molecule has 0 fully saturated rings. The van der Waals surface area contributed by atoms with Crippen molar-refractivity contribution in [1.29, 1.82) is 0 Å². The molecule has 0 bridgehead atoms. The fourth-order valence-corrected chi connectivity index (χ4v) is 3.26.